The zero-order chi connectivity index (χ0) is 23.0. The maximum absolute atomic E-state index is 12.3. The highest BCUT2D eigenvalue weighted by Gasteiger charge is 2.12. The third-order valence-corrected chi connectivity index (χ3v) is 4.91. The minimum atomic E-state index is -0.530. The van der Waals surface area contributed by atoms with Crippen LogP contribution in [-0.2, 0) is 6.42 Å². The number of nitriles is 1. The van der Waals surface area contributed by atoms with Gasteiger partial charge < -0.3 is 4.74 Å². The van der Waals surface area contributed by atoms with Crippen LogP contribution in [0.4, 0.5) is 5.95 Å². The van der Waals surface area contributed by atoms with E-state index in [1.807, 2.05) is 72.8 Å². The minimum Gasteiger partial charge on any atom is -0.457 e. The second-order valence-corrected chi connectivity index (χ2v) is 7.15. The molecule has 4 rings (SSSR count). The highest BCUT2D eigenvalue weighted by Crippen LogP contribution is 2.22. The molecule has 0 amide bonds. The lowest BCUT2D eigenvalue weighted by Crippen LogP contribution is -2.16. The van der Waals surface area contributed by atoms with Crippen molar-refractivity contribution in [2.45, 2.75) is 13.3 Å². The molecule has 4 aromatic rings. The fourth-order valence-corrected chi connectivity index (χ4v) is 3.15. The van der Waals surface area contributed by atoms with Gasteiger partial charge in [-0.1, -0.05) is 49.4 Å². The van der Waals surface area contributed by atoms with Crippen molar-refractivity contribution in [2.75, 3.05) is 5.43 Å². The van der Waals surface area contributed by atoms with Gasteiger partial charge in [-0.2, -0.15) is 10.4 Å². The Bertz CT molecular complexity index is 1350. The second kappa shape index (κ2) is 10.1. The second-order valence-electron chi connectivity index (χ2n) is 7.15. The number of aromatic amines is 1. The van der Waals surface area contributed by atoms with E-state index in [2.05, 4.69) is 27.4 Å². The number of anilines is 1. The van der Waals surface area contributed by atoms with Crippen molar-refractivity contribution in [3.05, 3.63) is 106 Å². The molecule has 2 N–H and O–H groups in total. The topological polar surface area (TPSA) is 103 Å². The van der Waals surface area contributed by atoms with E-state index in [0.29, 0.717) is 11.3 Å². The molecule has 1 heterocycles. The molecule has 0 atom stereocenters. The molecule has 1 aromatic heterocycles. The van der Waals surface area contributed by atoms with Crippen LogP contribution in [0.5, 0.6) is 11.5 Å². The van der Waals surface area contributed by atoms with E-state index in [1.165, 1.54) is 5.56 Å². The van der Waals surface area contributed by atoms with Crippen molar-refractivity contribution in [1.29, 1.82) is 5.26 Å². The Balaban J connectivity index is 1.45. The Hall–Kier alpha value is -4.70. The van der Waals surface area contributed by atoms with Gasteiger partial charge in [-0.15, -0.1) is 0 Å². The van der Waals surface area contributed by atoms with Crippen molar-refractivity contribution in [1.82, 2.24) is 9.97 Å². The lowest BCUT2D eigenvalue weighted by atomic mass is 10.1. The van der Waals surface area contributed by atoms with Crippen LogP contribution >= 0.6 is 0 Å². The van der Waals surface area contributed by atoms with Crippen molar-refractivity contribution in [2.24, 2.45) is 5.10 Å². The summed E-state index contributed by atoms with van der Waals surface area (Å²) in [5.74, 6) is 1.64. The molecule has 0 aliphatic heterocycles. The molecule has 3 aromatic carbocycles. The van der Waals surface area contributed by atoms with Crippen LogP contribution < -0.4 is 15.7 Å². The maximum Gasteiger partial charge on any atom is 0.270 e. The molecular weight excluding hydrogens is 414 g/mol. The summed E-state index contributed by atoms with van der Waals surface area (Å²) in [6.45, 7) is 2.11. The van der Waals surface area contributed by atoms with Crippen molar-refractivity contribution >= 4 is 12.2 Å². The van der Waals surface area contributed by atoms with Gasteiger partial charge >= 0.3 is 0 Å². The Morgan fingerprint density at radius 1 is 1.03 bits per heavy atom. The van der Waals surface area contributed by atoms with E-state index in [-0.39, 0.29) is 11.5 Å². The number of nitrogens with one attached hydrogen (secondary N) is 2. The van der Waals surface area contributed by atoms with Gasteiger partial charge in [-0.3, -0.25) is 9.78 Å². The molecule has 162 valence electrons. The van der Waals surface area contributed by atoms with Crippen molar-refractivity contribution < 1.29 is 4.74 Å². The number of benzene rings is 3. The van der Waals surface area contributed by atoms with Gasteiger partial charge in [0.25, 0.3) is 5.56 Å². The fourth-order valence-electron chi connectivity index (χ4n) is 3.15. The molecule has 0 aliphatic rings. The molecule has 0 radical (unpaired) electrons. The number of H-pyrrole nitrogens is 1. The molecule has 33 heavy (non-hydrogen) atoms. The van der Waals surface area contributed by atoms with Crippen LogP contribution in [0.3, 0.4) is 0 Å². The number of aromatic nitrogens is 2. The van der Waals surface area contributed by atoms with Crippen molar-refractivity contribution in [3.63, 3.8) is 0 Å². The number of rotatable bonds is 7. The first-order valence-electron chi connectivity index (χ1n) is 10.4. The van der Waals surface area contributed by atoms with Gasteiger partial charge in [0.15, 0.2) is 0 Å². The number of hydrogen-bond donors (Lipinski definition) is 2. The molecule has 7 heteroatoms. The summed E-state index contributed by atoms with van der Waals surface area (Å²) in [6, 6.07) is 26.4. The fraction of sp³-hybridized carbons (Fsp3) is 0.0769. The van der Waals surface area contributed by atoms with Gasteiger partial charge in [0.2, 0.25) is 5.95 Å². The summed E-state index contributed by atoms with van der Waals surface area (Å²) in [4.78, 5) is 19.2. The molecule has 0 fully saturated rings. The first-order chi connectivity index (χ1) is 16.2. The lowest BCUT2D eigenvalue weighted by Gasteiger charge is -2.07. The Kier molecular flexibility index (Phi) is 6.57. The SMILES string of the molecule is CCc1ccc(Oc2ccc(C=NNc3nc(-c4ccccc4)c(C#N)c(=O)[nH]3)cc2)cc1. The summed E-state index contributed by atoms with van der Waals surface area (Å²) in [5.41, 5.74) is 5.21. The van der Waals surface area contributed by atoms with Crippen molar-refractivity contribution in [3.8, 4) is 28.8 Å². The first-order valence-corrected chi connectivity index (χ1v) is 10.4. The summed E-state index contributed by atoms with van der Waals surface area (Å²) >= 11 is 0. The number of aryl methyl sites for hydroxylation is 1. The van der Waals surface area contributed by atoms with Crippen LogP contribution in [0.2, 0.25) is 0 Å². The zero-order valence-corrected chi connectivity index (χ0v) is 17.9. The third kappa shape index (κ3) is 5.32. The highest BCUT2D eigenvalue weighted by molar-refractivity contribution is 5.80. The molecule has 0 saturated carbocycles. The molecule has 0 saturated heterocycles. The average molecular weight is 435 g/mol. The Morgan fingerprint density at radius 2 is 1.70 bits per heavy atom. The van der Waals surface area contributed by atoms with Gasteiger partial charge in [-0.05, 0) is 53.9 Å². The van der Waals surface area contributed by atoms with Gasteiger partial charge in [0, 0.05) is 5.56 Å². The van der Waals surface area contributed by atoms with Crippen LogP contribution in [0.25, 0.3) is 11.3 Å². The number of hydrogen-bond acceptors (Lipinski definition) is 6. The van der Waals surface area contributed by atoms with E-state index in [9.17, 15) is 10.1 Å². The van der Waals surface area contributed by atoms with Gasteiger partial charge in [0.05, 0.1) is 11.9 Å². The Labute approximate surface area is 191 Å². The highest BCUT2D eigenvalue weighted by atomic mass is 16.5. The summed E-state index contributed by atoms with van der Waals surface area (Å²) < 4.78 is 5.86. The molecule has 0 unspecified atom stereocenters. The van der Waals surface area contributed by atoms with E-state index in [0.717, 1.165) is 23.5 Å². The first kappa shape index (κ1) is 21.5. The van der Waals surface area contributed by atoms with E-state index < -0.39 is 5.56 Å². The molecule has 0 spiro atoms. The maximum atomic E-state index is 12.3. The largest absolute Gasteiger partial charge is 0.457 e. The standard InChI is InChI=1S/C26H21N5O2/c1-2-18-8-12-21(13-9-18)33-22-14-10-19(11-15-22)17-28-31-26-29-24(20-6-4-3-5-7-20)23(16-27)25(32)30-26/h3-15,17H,2H2,1H3,(H2,29,30,31,32). The minimum absolute atomic E-state index is 0.0457. The predicted molar refractivity (Wildman–Crippen MR) is 129 cm³/mol. The number of ether oxygens (including phenoxy) is 1. The number of nitrogens with zero attached hydrogens (tertiary/aromatic N) is 3. The smallest absolute Gasteiger partial charge is 0.270 e. The van der Waals surface area contributed by atoms with Crippen LogP contribution in [-0.4, -0.2) is 16.2 Å². The number of hydrazone groups is 1. The van der Waals surface area contributed by atoms with E-state index >= 15 is 0 Å². The molecular formula is C26H21N5O2. The van der Waals surface area contributed by atoms with Crippen LogP contribution in [0.1, 0.15) is 23.6 Å². The normalized spacial score (nSPS) is 10.7. The zero-order valence-electron chi connectivity index (χ0n) is 17.9. The van der Waals surface area contributed by atoms with Gasteiger partial charge in [0.1, 0.15) is 23.1 Å². The quantitative estimate of drug-likeness (QED) is 0.310. The molecule has 0 aliphatic carbocycles. The van der Waals surface area contributed by atoms with Crippen LogP contribution in [0.15, 0.2) is 88.8 Å². The van der Waals surface area contributed by atoms with Gasteiger partial charge in [-0.25, -0.2) is 10.4 Å². The molecule has 7 nitrogen and oxygen atoms in total. The van der Waals surface area contributed by atoms with E-state index in [1.54, 1.807) is 18.3 Å². The Morgan fingerprint density at radius 3 is 2.33 bits per heavy atom. The summed E-state index contributed by atoms with van der Waals surface area (Å²) in [7, 11) is 0. The summed E-state index contributed by atoms with van der Waals surface area (Å²) in [6.07, 6.45) is 2.59. The molecule has 0 bridgehead atoms. The van der Waals surface area contributed by atoms with E-state index in [4.69, 9.17) is 4.74 Å². The summed E-state index contributed by atoms with van der Waals surface area (Å²) in [5, 5.41) is 13.5. The van der Waals surface area contributed by atoms with Crippen LogP contribution in [0, 0.1) is 11.3 Å². The third-order valence-electron chi connectivity index (χ3n) is 4.91. The lowest BCUT2D eigenvalue weighted by molar-refractivity contribution is 0.482. The predicted octanol–water partition coefficient (Wildman–Crippen LogP) is 5.11. The average Bonchev–Trinajstić information content (AvgIpc) is 2.86. The monoisotopic (exact) mass is 435 g/mol.